The van der Waals surface area contributed by atoms with Crippen molar-refractivity contribution in [1.82, 2.24) is 14.8 Å². The lowest BCUT2D eigenvalue weighted by Gasteiger charge is -2.24. The molecule has 0 unspecified atom stereocenters. The van der Waals surface area contributed by atoms with Gasteiger partial charge in [-0.3, -0.25) is 4.79 Å². The minimum Gasteiger partial charge on any atom is -0.294 e. The van der Waals surface area contributed by atoms with Crippen LogP contribution in [0.1, 0.15) is 60.3 Å². The lowest BCUT2D eigenvalue weighted by Crippen LogP contribution is -2.20. The zero-order chi connectivity index (χ0) is 20.2. The molecule has 29 heavy (non-hydrogen) atoms. The summed E-state index contributed by atoms with van der Waals surface area (Å²) in [5, 5.41) is 5.36. The van der Waals surface area contributed by atoms with Gasteiger partial charge in [0.15, 0.2) is 5.78 Å². The number of benzene rings is 2. The predicted octanol–water partition coefficient (Wildman–Crippen LogP) is 5.69. The molecule has 146 valence electrons. The molecule has 4 aromatic rings. The number of hydrogen-bond donors (Lipinski definition) is 0. The van der Waals surface area contributed by atoms with Crippen LogP contribution in [0.3, 0.4) is 0 Å². The maximum atomic E-state index is 12.8. The van der Waals surface area contributed by atoms with Crippen LogP contribution in [0.4, 0.5) is 0 Å². The number of ketones is 1. The maximum Gasteiger partial charge on any atom is 0.211 e. The third-order valence-electron chi connectivity index (χ3n) is 5.75. The summed E-state index contributed by atoms with van der Waals surface area (Å²) >= 11 is 1.61. The zero-order valence-corrected chi connectivity index (χ0v) is 17.7. The average Bonchev–Trinajstić information content (AvgIpc) is 3.31. The number of Topliss-reactive ketones (excluding diaryl/α,β-unsaturated/α-hetero) is 1. The molecule has 0 amide bonds. The van der Waals surface area contributed by atoms with Gasteiger partial charge in [-0.15, -0.1) is 0 Å². The van der Waals surface area contributed by atoms with Crippen LogP contribution in [0, 0.1) is 0 Å². The number of fused-ring (bicyclic) bond motifs is 2. The molecule has 2 aromatic heterocycles. The third-order valence-corrected chi connectivity index (χ3v) is 6.76. The number of rotatable bonds is 2. The largest absolute Gasteiger partial charge is 0.294 e. The summed E-state index contributed by atoms with van der Waals surface area (Å²) in [6.07, 6.45) is 3.04. The summed E-state index contributed by atoms with van der Waals surface area (Å²) in [4.78, 5) is 17.6. The van der Waals surface area contributed by atoms with Crippen LogP contribution in [0.2, 0.25) is 0 Å². The summed E-state index contributed by atoms with van der Waals surface area (Å²) < 4.78 is 3.00. The van der Waals surface area contributed by atoms with Gasteiger partial charge < -0.3 is 0 Å². The second kappa shape index (κ2) is 6.63. The van der Waals surface area contributed by atoms with Gasteiger partial charge in [0.05, 0.1) is 27.7 Å². The highest BCUT2D eigenvalue weighted by Gasteiger charge is 2.31. The molecular formula is C24H23N3OS. The molecule has 5 heteroatoms. The number of aromatic nitrogens is 3. The van der Waals surface area contributed by atoms with Crippen molar-refractivity contribution in [3.8, 4) is 5.13 Å². The van der Waals surface area contributed by atoms with Gasteiger partial charge in [0, 0.05) is 6.42 Å². The average molecular weight is 402 g/mol. The van der Waals surface area contributed by atoms with E-state index >= 15 is 0 Å². The van der Waals surface area contributed by atoms with Gasteiger partial charge in [-0.25, -0.2) is 9.67 Å². The van der Waals surface area contributed by atoms with Crippen molar-refractivity contribution in [2.24, 2.45) is 0 Å². The Labute approximate surface area is 174 Å². The molecule has 0 radical (unpaired) electrons. The van der Waals surface area contributed by atoms with Crippen molar-refractivity contribution in [3.63, 3.8) is 0 Å². The monoisotopic (exact) mass is 401 g/mol. The van der Waals surface area contributed by atoms with Gasteiger partial charge >= 0.3 is 0 Å². The first-order valence-corrected chi connectivity index (χ1v) is 10.8. The first-order chi connectivity index (χ1) is 13.9. The van der Waals surface area contributed by atoms with E-state index in [-0.39, 0.29) is 17.1 Å². The number of thiazole rings is 1. The lowest BCUT2D eigenvalue weighted by atomic mass is 9.80. The van der Waals surface area contributed by atoms with E-state index in [1.165, 1.54) is 11.1 Å². The van der Waals surface area contributed by atoms with Crippen LogP contribution in [-0.4, -0.2) is 20.5 Å². The molecule has 0 aliphatic heterocycles. The molecule has 0 bridgehead atoms. The molecule has 0 saturated carbocycles. The summed E-state index contributed by atoms with van der Waals surface area (Å²) in [7, 11) is 0. The number of carbonyl (C=O) groups is 1. The van der Waals surface area contributed by atoms with Crippen LogP contribution < -0.4 is 0 Å². The summed E-state index contributed by atoms with van der Waals surface area (Å²) in [5.41, 5.74) is 5.34. The van der Waals surface area contributed by atoms with Crippen LogP contribution >= 0.6 is 11.3 Å². The smallest absolute Gasteiger partial charge is 0.211 e. The van der Waals surface area contributed by atoms with Gasteiger partial charge in [0.1, 0.15) is 0 Å². The second-order valence-corrected chi connectivity index (χ2v) is 9.79. The molecule has 2 aromatic carbocycles. The highest BCUT2D eigenvalue weighted by atomic mass is 32.1. The van der Waals surface area contributed by atoms with Crippen LogP contribution in [0.15, 0.2) is 54.7 Å². The van der Waals surface area contributed by atoms with E-state index in [0.717, 1.165) is 33.0 Å². The van der Waals surface area contributed by atoms with E-state index in [1.54, 1.807) is 17.5 Å². The first-order valence-electron chi connectivity index (χ1n) is 9.96. The van der Waals surface area contributed by atoms with Crippen molar-refractivity contribution >= 4 is 27.3 Å². The fourth-order valence-electron chi connectivity index (χ4n) is 4.05. The van der Waals surface area contributed by atoms with Crippen molar-refractivity contribution in [1.29, 1.82) is 0 Å². The Bertz CT molecular complexity index is 1180. The number of nitrogens with zero attached hydrogens (tertiary/aromatic N) is 3. The van der Waals surface area contributed by atoms with E-state index in [2.05, 4.69) is 56.2 Å². The predicted molar refractivity (Wildman–Crippen MR) is 117 cm³/mol. The minimum atomic E-state index is 0.125. The van der Waals surface area contributed by atoms with Crippen LogP contribution in [0.5, 0.6) is 0 Å². The maximum absolute atomic E-state index is 12.8. The minimum absolute atomic E-state index is 0.125. The summed E-state index contributed by atoms with van der Waals surface area (Å²) in [6.45, 7) is 6.65. The highest BCUT2D eigenvalue weighted by molar-refractivity contribution is 7.20. The highest BCUT2D eigenvalue weighted by Crippen LogP contribution is 2.36. The van der Waals surface area contributed by atoms with E-state index < -0.39 is 0 Å². The van der Waals surface area contributed by atoms with Gasteiger partial charge in [-0.05, 0) is 41.0 Å². The standard InChI is InChI=1S/C24H23N3OS/c1-24(2,3)17-10-8-15(9-11-17)16-12-20-18(21(28)13-16)14-25-27(20)23-26-19-6-4-5-7-22(19)29-23/h4-11,14,16H,12-13H2,1-3H3/t16-/m0/s1. The molecule has 4 nitrogen and oxygen atoms in total. The molecule has 1 aliphatic rings. The molecule has 0 fully saturated rings. The SMILES string of the molecule is CC(C)(C)c1ccc([C@@H]2CC(=O)c3cnn(-c4nc5ccccc5s4)c3C2)cc1. The molecule has 0 N–H and O–H groups in total. The van der Waals surface area contributed by atoms with Crippen molar-refractivity contribution in [2.75, 3.05) is 0 Å². The van der Waals surface area contributed by atoms with E-state index in [4.69, 9.17) is 4.98 Å². The Hall–Kier alpha value is -2.79. The Morgan fingerprint density at radius 1 is 1.03 bits per heavy atom. The van der Waals surface area contributed by atoms with Crippen molar-refractivity contribution in [3.05, 3.63) is 77.1 Å². The molecule has 0 saturated heterocycles. The normalized spacial score (nSPS) is 16.9. The fraction of sp³-hybridized carbons (Fsp3) is 0.292. The van der Waals surface area contributed by atoms with E-state index in [9.17, 15) is 4.79 Å². The first kappa shape index (κ1) is 18.3. The topological polar surface area (TPSA) is 47.8 Å². The van der Waals surface area contributed by atoms with Gasteiger partial charge in [0.25, 0.3) is 0 Å². The zero-order valence-electron chi connectivity index (χ0n) is 16.8. The Morgan fingerprint density at radius 3 is 2.52 bits per heavy atom. The molecule has 0 spiro atoms. The summed E-state index contributed by atoms with van der Waals surface area (Å²) in [5.74, 6) is 0.345. The molecular weight excluding hydrogens is 378 g/mol. The van der Waals surface area contributed by atoms with Crippen LogP contribution in [0.25, 0.3) is 15.3 Å². The van der Waals surface area contributed by atoms with Gasteiger partial charge in [0.2, 0.25) is 5.13 Å². The van der Waals surface area contributed by atoms with Crippen molar-refractivity contribution in [2.45, 2.75) is 44.9 Å². The molecule has 2 heterocycles. The van der Waals surface area contributed by atoms with Crippen LogP contribution in [-0.2, 0) is 11.8 Å². The Kier molecular flexibility index (Phi) is 4.17. The van der Waals surface area contributed by atoms with E-state index in [0.29, 0.717) is 6.42 Å². The lowest BCUT2D eigenvalue weighted by molar-refractivity contribution is 0.0963. The number of carbonyl (C=O) groups excluding carboxylic acids is 1. The van der Waals surface area contributed by atoms with Gasteiger partial charge in [-0.2, -0.15) is 5.10 Å². The molecule has 1 aliphatic carbocycles. The number of hydrogen-bond acceptors (Lipinski definition) is 4. The van der Waals surface area contributed by atoms with Gasteiger partial charge in [-0.1, -0.05) is 68.5 Å². The Balaban J connectivity index is 1.51. The summed E-state index contributed by atoms with van der Waals surface area (Å²) in [6, 6.07) is 16.8. The Morgan fingerprint density at radius 2 is 1.79 bits per heavy atom. The molecule has 5 rings (SSSR count). The molecule has 1 atom stereocenters. The van der Waals surface area contributed by atoms with Crippen molar-refractivity contribution < 1.29 is 4.79 Å². The van der Waals surface area contributed by atoms with E-state index in [1.807, 2.05) is 22.9 Å². The second-order valence-electron chi connectivity index (χ2n) is 8.78. The quantitative estimate of drug-likeness (QED) is 0.433. The third kappa shape index (κ3) is 3.19. The number of para-hydroxylation sites is 1. The fourth-order valence-corrected chi connectivity index (χ4v) is 5.00.